The van der Waals surface area contributed by atoms with Crippen LogP contribution in [0.15, 0.2) is 54.6 Å². The number of amides is 1. The third kappa shape index (κ3) is 4.37. The largest absolute Gasteiger partial charge is 0.481 e. The van der Waals surface area contributed by atoms with Gasteiger partial charge in [0.1, 0.15) is 0 Å². The van der Waals surface area contributed by atoms with Crippen LogP contribution in [-0.2, 0) is 20.9 Å². The zero-order valence-electron chi connectivity index (χ0n) is 14.7. The molecule has 0 saturated carbocycles. The van der Waals surface area contributed by atoms with Crippen molar-refractivity contribution in [1.29, 1.82) is 0 Å². The second kappa shape index (κ2) is 8.45. The van der Waals surface area contributed by atoms with E-state index in [4.69, 9.17) is 9.47 Å². The highest BCUT2D eigenvalue weighted by atomic mass is 16.5. The molecule has 134 valence electrons. The lowest BCUT2D eigenvalue weighted by Gasteiger charge is -2.30. The normalized spacial score (nSPS) is 13.6. The smallest absolute Gasteiger partial charge is 0.265 e. The van der Waals surface area contributed by atoms with Crippen molar-refractivity contribution in [2.75, 3.05) is 24.7 Å². The highest BCUT2D eigenvalue weighted by molar-refractivity contribution is 5.99. The average molecular weight is 351 g/mol. The summed E-state index contributed by atoms with van der Waals surface area (Å²) in [7, 11) is 0. The molecule has 5 nitrogen and oxygen atoms in total. The number of anilines is 1. The lowest BCUT2D eigenvalue weighted by atomic mass is 10.1. The Labute approximate surface area is 152 Å². The van der Waals surface area contributed by atoms with E-state index in [1.54, 1.807) is 11.0 Å². The SMILES string of the molecule is CC(=O)/C=C/c1cccc2c1OCC(=O)N2CCOCc1ccccc1. The van der Waals surface area contributed by atoms with Gasteiger partial charge in [-0.2, -0.15) is 0 Å². The van der Waals surface area contributed by atoms with Crippen LogP contribution >= 0.6 is 0 Å². The summed E-state index contributed by atoms with van der Waals surface area (Å²) in [6, 6.07) is 15.5. The minimum absolute atomic E-state index is 0.0173. The minimum Gasteiger partial charge on any atom is -0.481 e. The first kappa shape index (κ1) is 17.9. The molecule has 26 heavy (non-hydrogen) atoms. The second-order valence-corrected chi connectivity index (χ2v) is 6.01. The fraction of sp³-hybridized carbons (Fsp3) is 0.238. The summed E-state index contributed by atoms with van der Waals surface area (Å²) >= 11 is 0. The van der Waals surface area contributed by atoms with Gasteiger partial charge in [-0.15, -0.1) is 0 Å². The van der Waals surface area contributed by atoms with Crippen LogP contribution in [0.1, 0.15) is 18.1 Å². The van der Waals surface area contributed by atoms with E-state index >= 15 is 0 Å². The van der Waals surface area contributed by atoms with Gasteiger partial charge in [-0.1, -0.05) is 42.5 Å². The molecule has 0 bridgehead atoms. The Kier molecular flexibility index (Phi) is 5.81. The molecule has 0 aromatic heterocycles. The van der Waals surface area contributed by atoms with Gasteiger partial charge in [0.15, 0.2) is 18.1 Å². The van der Waals surface area contributed by atoms with Crippen molar-refractivity contribution in [2.45, 2.75) is 13.5 Å². The molecule has 0 N–H and O–H groups in total. The summed E-state index contributed by atoms with van der Waals surface area (Å²) in [5.41, 5.74) is 2.58. The fourth-order valence-electron chi connectivity index (χ4n) is 2.76. The van der Waals surface area contributed by atoms with E-state index in [2.05, 4.69) is 0 Å². The molecule has 0 radical (unpaired) electrons. The quantitative estimate of drug-likeness (QED) is 0.568. The topological polar surface area (TPSA) is 55.8 Å². The molecule has 0 unspecified atom stereocenters. The maximum Gasteiger partial charge on any atom is 0.265 e. The molecule has 0 atom stereocenters. The molecule has 0 aliphatic carbocycles. The predicted octanol–water partition coefficient (Wildman–Crippen LogP) is 3.23. The molecule has 5 heteroatoms. The van der Waals surface area contributed by atoms with Gasteiger partial charge in [-0.25, -0.2) is 0 Å². The number of hydrogen-bond acceptors (Lipinski definition) is 4. The first-order valence-electron chi connectivity index (χ1n) is 8.51. The zero-order chi connectivity index (χ0) is 18.4. The lowest BCUT2D eigenvalue weighted by molar-refractivity contribution is -0.121. The Morgan fingerprint density at radius 3 is 2.77 bits per heavy atom. The Hall–Kier alpha value is -2.92. The van der Waals surface area contributed by atoms with Gasteiger partial charge in [0.05, 0.1) is 18.9 Å². The van der Waals surface area contributed by atoms with Gasteiger partial charge in [-0.3, -0.25) is 9.59 Å². The summed E-state index contributed by atoms with van der Waals surface area (Å²) in [5, 5.41) is 0. The van der Waals surface area contributed by atoms with Crippen LogP contribution < -0.4 is 9.64 Å². The summed E-state index contributed by atoms with van der Waals surface area (Å²) in [5.74, 6) is 0.474. The van der Waals surface area contributed by atoms with E-state index in [9.17, 15) is 9.59 Å². The number of nitrogens with zero attached hydrogens (tertiary/aromatic N) is 1. The number of para-hydroxylation sites is 1. The van der Waals surface area contributed by atoms with Crippen molar-refractivity contribution >= 4 is 23.5 Å². The number of ether oxygens (including phenoxy) is 2. The molecule has 2 aromatic rings. The number of allylic oxidation sites excluding steroid dienone is 1. The molecular formula is C21H21NO4. The third-order valence-corrected chi connectivity index (χ3v) is 4.02. The van der Waals surface area contributed by atoms with E-state index < -0.39 is 0 Å². The van der Waals surface area contributed by atoms with Gasteiger partial charge < -0.3 is 14.4 Å². The molecule has 0 fully saturated rings. The van der Waals surface area contributed by atoms with Crippen molar-refractivity contribution < 1.29 is 19.1 Å². The third-order valence-electron chi connectivity index (χ3n) is 4.02. The van der Waals surface area contributed by atoms with Crippen molar-refractivity contribution in [1.82, 2.24) is 0 Å². The molecule has 1 amide bonds. The van der Waals surface area contributed by atoms with Gasteiger partial charge in [0.25, 0.3) is 5.91 Å². The molecule has 2 aromatic carbocycles. The van der Waals surface area contributed by atoms with Crippen LogP contribution in [0, 0.1) is 0 Å². The van der Waals surface area contributed by atoms with Crippen molar-refractivity contribution in [2.24, 2.45) is 0 Å². The van der Waals surface area contributed by atoms with E-state index in [1.807, 2.05) is 48.5 Å². The maximum atomic E-state index is 12.3. The van der Waals surface area contributed by atoms with Gasteiger partial charge in [0, 0.05) is 12.1 Å². The highest BCUT2D eigenvalue weighted by Gasteiger charge is 2.26. The number of carbonyl (C=O) groups is 2. The molecule has 0 saturated heterocycles. The van der Waals surface area contributed by atoms with Crippen molar-refractivity contribution in [3.05, 3.63) is 65.7 Å². The molecule has 3 rings (SSSR count). The van der Waals surface area contributed by atoms with Crippen LogP contribution in [0.2, 0.25) is 0 Å². The maximum absolute atomic E-state index is 12.3. The average Bonchev–Trinajstić information content (AvgIpc) is 2.65. The Morgan fingerprint density at radius 1 is 1.19 bits per heavy atom. The molecular weight excluding hydrogens is 330 g/mol. The Morgan fingerprint density at radius 2 is 2.00 bits per heavy atom. The molecule has 1 aliphatic rings. The summed E-state index contributed by atoms with van der Waals surface area (Å²) in [6.07, 6.45) is 3.20. The number of fused-ring (bicyclic) bond motifs is 1. The van der Waals surface area contributed by atoms with Gasteiger partial charge in [-0.05, 0) is 30.7 Å². The van der Waals surface area contributed by atoms with Crippen LogP contribution in [0.3, 0.4) is 0 Å². The predicted molar refractivity (Wildman–Crippen MR) is 100 cm³/mol. The van der Waals surface area contributed by atoms with Crippen molar-refractivity contribution in [3.63, 3.8) is 0 Å². The number of ketones is 1. The van der Waals surface area contributed by atoms with Crippen LogP contribution in [0.4, 0.5) is 5.69 Å². The number of carbonyl (C=O) groups excluding carboxylic acids is 2. The highest BCUT2D eigenvalue weighted by Crippen LogP contribution is 2.36. The molecule has 1 aliphatic heterocycles. The van der Waals surface area contributed by atoms with E-state index in [1.165, 1.54) is 13.0 Å². The Bertz CT molecular complexity index is 814. The zero-order valence-corrected chi connectivity index (χ0v) is 14.7. The van der Waals surface area contributed by atoms with Gasteiger partial charge in [0.2, 0.25) is 0 Å². The van der Waals surface area contributed by atoms with Crippen LogP contribution in [-0.4, -0.2) is 31.4 Å². The number of benzene rings is 2. The second-order valence-electron chi connectivity index (χ2n) is 6.01. The Balaban J connectivity index is 1.68. The van der Waals surface area contributed by atoms with E-state index in [-0.39, 0.29) is 18.3 Å². The lowest BCUT2D eigenvalue weighted by Crippen LogP contribution is -2.41. The fourth-order valence-corrected chi connectivity index (χ4v) is 2.76. The summed E-state index contributed by atoms with van der Waals surface area (Å²) in [4.78, 5) is 25.1. The first-order valence-corrected chi connectivity index (χ1v) is 8.51. The van der Waals surface area contributed by atoms with E-state index in [0.717, 1.165) is 11.1 Å². The van der Waals surface area contributed by atoms with Crippen molar-refractivity contribution in [3.8, 4) is 5.75 Å². The number of rotatable bonds is 7. The van der Waals surface area contributed by atoms with Crippen LogP contribution in [0.5, 0.6) is 5.75 Å². The van der Waals surface area contributed by atoms with Crippen LogP contribution in [0.25, 0.3) is 6.08 Å². The summed E-state index contributed by atoms with van der Waals surface area (Å²) in [6.45, 7) is 2.85. The standard InChI is InChI=1S/C21H21NO4/c1-16(23)10-11-18-8-5-9-19-21(18)26-15-20(24)22(19)12-13-25-14-17-6-3-2-4-7-17/h2-11H,12-15H2,1H3/b11-10+. The van der Waals surface area contributed by atoms with E-state index in [0.29, 0.717) is 31.2 Å². The number of hydrogen-bond donors (Lipinski definition) is 0. The summed E-state index contributed by atoms with van der Waals surface area (Å²) < 4.78 is 11.3. The monoisotopic (exact) mass is 351 g/mol. The molecule has 0 spiro atoms. The first-order chi connectivity index (χ1) is 12.6. The molecule has 1 heterocycles. The van der Waals surface area contributed by atoms with Gasteiger partial charge >= 0.3 is 0 Å². The minimum atomic E-state index is -0.103.